The van der Waals surface area contributed by atoms with Gasteiger partial charge in [-0.1, -0.05) is 6.07 Å². The summed E-state index contributed by atoms with van der Waals surface area (Å²) in [5.41, 5.74) is 1.65. The van der Waals surface area contributed by atoms with Crippen molar-refractivity contribution in [2.24, 2.45) is 0 Å². The molecule has 0 saturated carbocycles. The summed E-state index contributed by atoms with van der Waals surface area (Å²) in [4.78, 5) is 4.10. The molecule has 0 N–H and O–H groups in total. The van der Waals surface area contributed by atoms with Crippen LogP contribution in [-0.2, 0) is 0 Å². The van der Waals surface area contributed by atoms with Crippen LogP contribution in [-0.4, -0.2) is 11.6 Å². The number of alkyl halides is 2. The number of aromatic nitrogens is 1. The Balaban J connectivity index is 2.26. The monoisotopic (exact) mass is 246 g/mol. The van der Waals surface area contributed by atoms with E-state index in [1.165, 1.54) is 12.1 Å². The Labute approximate surface area is 102 Å². The van der Waals surface area contributed by atoms with E-state index in [1.807, 2.05) is 6.07 Å². The lowest BCUT2D eigenvalue weighted by Crippen LogP contribution is -2.01. The summed E-state index contributed by atoms with van der Waals surface area (Å²) in [5.74, 6) is 0.0881. The van der Waals surface area contributed by atoms with Gasteiger partial charge in [0.2, 0.25) is 0 Å². The topological polar surface area (TPSA) is 45.9 Å². The first-order valence-corrected chi connectivity index (χ1v) is 5.11. The molecule has 0 aliphatic rings. The molecule has 0 amide bonds. The summed E-state index contributed by atoms with van der Waals surface area (Å²) >= 11 is 0. The van der Waals surface area contributed by atoms with Gasteiger partial charge in [-0.2, -0.15) is 14.0 Å². The van der Waals surface area contributed by atoms with Gasteiger partial charge in [-0.25, -0.2) is 4.98 Å². The van der Waals surface area contributed by atoms with Gasteiger partial charge in [0.05, 0.1) is 5.69 Å². The lowest BCUT2D eigenvalue weighted by molar-refractivity contribution is -0.0498. The second-order valence-corrected chi connectivity index (χ2v) is 3.42. The molecule has 0 fully saturated rings. The van der Waals surface area contributed by atoms with Gasteiger partial charge in [0.15, 0.2) is 0 Å². The maximum absolute atomic E-state index is 12.0. The molecule has 0 radical (unpaired) electrons. The van der Waals surface area contributed by atoms with E-state index in [-0.39, 0.29) is 5.75 Å². The first kappa shape index (κ1) is 12.0. The Morgan fingerprint density at radius 1 is 1.11 bits per heavy atom. The molecular weight excluding hydrogens is 238 g/mol. The van der Waals surface area contributed by atoms with E-state index in [0.717, 1.165) is 5.56 Å². The van der Waals surface area contributed by atoms with Gasteiger partial charge < -0.3 is 4.74 Å². The van der Waals surface area contributed by atoms with E-state index in [0.29, 0.717) is 11.4 Å². The highest BCUT2D eigenvalue weighted by atomic mass is 19.3. The van der Waals surface area contributed by atoms with Crippen molar-refractivity contribution in [2.75, 3.05) is 0 Å². The molecule has 0 spiro atoms. The average molecular weight is 246 g/mol. The Morgan fingerprint density at radius 3 is 2.44 bits per heavy atom. The number of hydrogen-bond donors (Lipinski definition) is 0. The molecule has 1 heterocycles. The largest absolute Gasteiger partial charge is 0.435 e. The quantitative estimate of drug-likeness (QED) is 0.835. The van der Waals surface area contributed by atoms with E-state index in [2.05, 4.69) is 9.72 Å². The molecule has 2 aromatic rings. The molecule has 0 aliphatic heterocycles. The summed E-state index contributed by atoms with van der Waals surface area (Å²) in [6.45, 7) is -2.84. The van der Waals surface area contributed by atoms with Gasteiger partial charge in [0, 0.05) is 5.56 Å². The van der Waals surface area contributed by atoms with Crippen LogP contribution in [0.5, 0.6) is 5.75 Å². The third-order valence-corrected chi connectivity index (χ3v) is 2.24. The molecule has 0 bridgehead atoms. The number of benzene rings is 1. The summed E-state index contributed by atoms with van der Waals surface area (Å²) in [6, 6.07) is 13.1. The van der Waals surface area contributed by atoms with Crippen LogP contribution in [0.15, 0.2) is 42.5 Å². The number of nitrogens with zero attached hydrogens (tertiary/aromatic N) is 2. The normalized spacial score (nSPS) is 10.1. The minimum Gasteiger partial charge on any atom is -0.435 e. The highest BCUT2D eigenvalue weighted by Crippen LogP contribution is 2.21. The lowest BCUT2D eigenvalue weighted by atomic mass is 10.1. The van der Waals surface area contributed by atoms with Crippen LogP contribution in [0.25, 0.3) is 11.3 Å². The second kappa shape index (κ2) is 5.23. The third-order valence-electron chi connectivity index (χ3n) is 2.24. The van der Waals surface area contributed by atoms with E-state index in [9.17, 15) is 8.78 Å². The molecule has 5 heteroatoms. The molecular formula is C13H8F2N2O. The van der Waals surface area contributed by atoms with Gasteiger partial charge in [-0.05, 0) is 36.4 Å². The Bertz CT molecular complexity index is 576. The van der Waals surface area contributed by atoms with Crippen LogP contribution in [0.3, 0.4) is 0 Å². The van der Waals surface area contributed by atoms with Crippen molar-refractivity contribution in [3.8, 4) is 23.1 Å². The van der Waals surface area contributed by atoms with E-state index < -0.39 is 6.61 Å². The van der Waals surface area contributed by atoms with Crippen LogP contribution >= 0.6 is 0 Å². The minimum atomic E-state index is -2.84. The fourth-order valence-electron chi connectivity index (χ4n) is 1.46. The molecule has 2 rings (SSSR count). The Hall–Kier alpha value is -2.48. The summed E-state index contributed by atoms with van der Waals surface area (Å²) in [6.07, 6.45) is 0. The zero-order valence-corrected chi connectivity index (χ0v) is 9.18. The number of rotatable bonds is 3. The Kier molecular flexibility index (Phi) is 3.49. The summed E-state index contributed by atoms with van der Waals surface area (Å²) < 4.78 is 28.2. The van der Waals surface area contributed by atoms with Crippen LogP contribution in [0.4, 0.5) is 8.78 Å². The first-order valence-electron chi connectivity index (χ1n) is 5.11. The molecule has 1 aromatic heterocycles. The zero-order valence-electron chi connectivity index (χ0n) is 9.18. The minimum absolute atomic E-state index is 0.0881. The smallest absolute Gasteiger partial charge is 0.387 e. The maximum Gasteiger partial charge on any atom is 0.387 e. The van der Waals surface area contributed by atoms with Gasteiger partial charge in [0.25, 0.3) is 0 Å². The van der Waals surface area contributed by atoms with Crippen molar-refractivity contribution in [1.29, 1.82) is 5.26 Å². The van der Waals surface area contributed by atoms with E-state index in [1.54, 1.807) is 30.3 Å². The number of halogens is 2. The van der Waals surface area contributed by atoms with Gasteiger partial charge in [-0.15, -0.1) is 0 Å². The lowest BCUT2D eigenvalue weighted by Gasteiger charge is -2.05. The van der Waals surface area contributed by atoms with Gasteiger partial charge in [0.1, 0.15) is 17.5 Å². The fourth-order valence-corrected chi connectivity index (χ4v) is 1.46. The predicted octanol–water partition coefficient (Wildman–Crippen LogP) is 3.22. The number of pyridine rings is 1. The molecule has 1 aromatic carbocycles. The first-order chi connectivity index (χ1) is 8.69. The van der Waals surface area contributed by atoms with Crippen LogP contribution in [0.2, 0.25) is 0 Å². The summed E-state index contributed by atoms with van der Waals surface area (Å²) in [5, 5.41) is 8.74. The van der Waals surface area contributed by atoms with Crippen molar-refractivity contribution >= 4 is 0 Å². The molecule has 0 unspecified atom stereocenters. The van der Waals surface area contributed by atoms with Crippen LogP contribution < -0.4 is 4.74 Å². The molecule has 0 aliphatic carbocycles. The Morgan fingerprint density at radius 2 is 1.83 bits per heavy atom. The van der Waals surface area contributed by atoms with Crippen molar-refractivity contribution in [1.82, 2.24) is 4.98 Å². The zero-order chi connectivity index (χ0) is 13.0. The van der Waals surface area contributed by atoms with Crippen molar-refractivity contribution in [2.45, 2.75) is 6.61 Å². The van der Waals surface area contributed by atoms with E-state index in [4.69, 9.17) is 5.26 Å². The molecule has 90 valence electrons. The fraction of sp³-hybridized carbons (Fsp3) is 0.0769. The highest BCUT2D eigenvalue weighted by Gasteiger charge is 2.05. The second-order valence-electron chi connectivity index (χ2n) is 3.42. The molecule has 18 heavy (non-hydrogen) atoms. The molecule has 0 saturated heterocycles. The van der Waals surface area contributed by atoms with Crippen molar-refractivity contribution < 1.29 is 13.5 Å². The van der Waals surface area contributed by atoms with Crippen molar-refractivity contribution in [3.63, 3.8) is 0 Å². The predicted molar refractivity (Wildman–Crippen MR) is 61.0 cm³/mol. The van der Waals surface area contributed by atoms with Gasteiger partial charge >= 0.3 is 6.61 Å². The molecule has 0 atom stereocenters. The SMILES string of the molecule is N#Cc1cccc(-c2ccc(OC(F)F)cc2)n1. The van der Waals surface area contributed by atoms with Crippen LogP contribution in [0.1, 0.15) is 5.69 Å². The molecule has 3 nitrogen and oxygen atoms in total. The van der Waals surface area contributed by atoms with Gasteiger partial charge in [-0.3, -0.25) is 0 Å². The maximum atomic E-state index is 12.0. The highest BCUT2D eigenvalue weighted by molar-refractivity contribution is 5.60. The third kappa shape index (κ3) is 2.80. The number of nitriles is 1. The number of hydrogen-bond acceptors (Lipinski definition) is 3. The number of ether oxygens (including phenoxy) is 1. The standard InChI is InChI=1S/C13H8F2N2O/c14-13(15)18-11-6-4-9(5-7-11)12-3-1-2-10(8-16)17-12/h1-7,13H. The summed E-state index contributed by atoms with van der Waals surface area (Å²) in [7, 11) is 0. The van der Waals surface area contributed by atoms with Crippen LogP contribution in [0, 0.1) is 11.3 Å². The van der Waals surface area contributed by atoms with E-state index >= 15 is 0 Å². The van der Waals surface area contributed by atoms with Crippen molar-refractivity contribution in [3.05, 3.63) is 48.2 Å². The average Bonchev–Trinajstić information content (AvgIpc) is 2.39.